The van der Waals surface area contributed by atoms with Crippen LogP contribution in [0.25, 0.3) is 0 Å². The molecule has 0 radical (unpaired) electrons. The molecule has 0 aliphatic carbocycles. The number of nitrogens with two attached hydrogens (primary N) is 1. The highest BCUT2D eigenvalue weighted by atomic mass is 19.1. The molecule has 3 rings (SSSR count). The van der Waals surface area contributed by atoms with E-state index in [1.165, 1.54) is 12.1 Å². The van der Waals surface area contributed by atoms with Gasteiger partial charge in [-0.25, -0.2) is 13.8 Å². The van der Waals surface area contributed by atoms with Gasteiger partial charge in [-0.15, -0.1) is 0 Å². The molecule has 0 amide bonds. The molecule has 4 nitrogen and oxygen atoms in total. The smallest absolute Gasteiger partial charge is 0.319 e. The Morgan fingerprint density at radius 2 is 1.71 bits per heavy atom. The Kier molecular flexibility index (Phi) is 4.65. The number of hydrogen-bond donors (Lipinski definition) is 1. The van der Waals surface area contributed by atoms with Gasteiger partial charge in [-0.3, -0.25) is 0 Å². The monoisotopic (exact) mass is 327 g/mol. The highest BCUT2D eigenvalue weighted by molar-refractivity contribution is 5.30. The lowest BCUT2D eigenvalue weighted by Crippen LogP contribution is -2.13. The van der Waals surface area contributed by atoms with Crippen molar-refractivity contribution in [2.24, 2.45) is 0 Å². The number of aromatic nitrogens is 2. The zero-order valence-electron chi connectivity index (χ0n) is 12.7. The third kappa shape index (κ3) is 3.84. The number of nitrogen functional groups attached to an aromatic ring is 1. The lowest BCUT2D eigenvalue weighted by Gasteiger charge is -2.18. The minimum absolute atomic E-state index is 0.0286. The van der Waals surface area contributed by atoms with E-state index in [-0.39, 0.29) is 17.6 Å². The summed E-state index contributed by atoms with van der Waals surface area (Å²) in [5, 5.41) is 0. The average Bonchev–Trinajstić information content (AvgIpc) is 2.59. The number of anilines is 1. The molecule has 1 heterocycles. The lowest BCUT2D eigenvalue weighted by atomic mass is 10.0. The SMILES string of the molecule is Nc1nc(OC(Cc2ccccc2)c2ccc(F)cc2)ncc1F. The molecule has 1 unspecified atom stereocenters. The van der Waals surface area contributed by atoms with E-state index >= 15 is 0 Å². The maximum Gasteiger partial charge on any atom is 0.319 e. The van der Waals surface area contributed by atoms with E-state index in [0.29, 0.717) is 6.42 Å². The normalized spacial score (nSPS) is 11.9. The Labute approximate surface area is 137 Å². The number of benzene rings is 2. The summed E-state index contributed by atoms with van der Waals surface area (Å²) in [6, 6.07) is 15.6. The fourth-order valence-electron chi connectivity index (χ4n) is 2.28. The van der Waals surface area contributed by atoms with E-state index in [9.17, 15) is 8.78 Å². The Morgan fingerprint density at radius 1 is 1.00 bits per heavy atom. The lowest BCUT2D eigenvalue weighted by molar-refractivity contribution is 0.188. The van der Waals surface area contributed by atoms with Crippen LogP contribution in [0, 0.1) is 11.6 Å². The third-order valence-corrected chi connectivity index (χ3v) is 3.50. The first kappa shape index (κ1) is 15.9. The molecule has 1 atom stereocenters. The summed E-state index contributed by atoms with van der Waals surface area (Å²) in [5.41, 5.74) is 7.24. The van der Waals surface area contributed by atoms with Crippen molar-refractivity contribution in [1.82, 2.24) is 9.97 Å². The first-order chi connectivity index (χ1) is 11.6. The van der Waals surface area contributed by atoms with Crippen LogP contribution >= 0.6 is 0 Å². The van der Waals surface area contributed by atoms with Crippen LogP contribution in [0.15, 0.2) is 60.8 Å². The molecule has 122 valence electrons. The highest BCUT2D eigenvalue weighted by Gasteiger charge is 2.17. The number of rotatable bonds is 5. The zero-order chi connectivity index (χ0) is 16.9. The largest absolute Gasteiger partial charge is 0.455 e. The molecule has 0 fully saturated rings. The second kappa shape index (κ2) is 7.04. The van der Waals surface area contributed by atoms with Gasteiger partial charge in [0.2, 0.25) is 0 Å². The number of nitrogens with zero attached hydrogens (tertiary/aromatic N) is 2. The molecule has 24 heavy (non-hydrogen) atoms. The van der Waals surface area contributed by atoms with Crippen LogP contribution < -0.4 is 10.5 Å². The van der Waals surface area contributed by atoms with Gasteiger partial charge in [0, 0.05) is 6.42 Å². The van der Waals surface area contributed by atoms with Crippen LogP contribution in [0.2, 0.25) is 0 Å². The highest BCUT2D eigenvalue weighted by Crippen LogP contribution is 2.24. The van der Waals surface area contributed by atoms with E-state index in [0.717, 1.165) is 17.3 Å². The summed E-state index contributed by atoms with van der Waals surface area (Å²) in [5.74, 6) is -1.32. The zero-order valence-corrected chi connectivity index (χ0v) is 12.7. The molecular weight excluding hydrogens is 312 g/mol. The Balaban J connectivity index is 1.88. The molecule has 2 N–H and O–H groups in total. The molecule has 0 spiro atoms. The average molecular weight is 327 g/mol. The number of hydrogen-bond acceptors (Lipinski definition) is 4. The summed E-state index contributed by atoms with van der Waals surface area (Å²) >= 11 is 0. The van der Waals surface area contributed by atoms with Gasteiger partial charge in [0.25, 0.3) is 0 Å². The van der Waals surface area contributed by atoms with Gasteiger partial charge in [0.1, 0.15) is 11.9 Å². The maximum absolute atomic E-state index is 13.2. The van der Waals surface area contributed by atoms with E-state index in [4.69, 9.17) is 10.5 Å². The molecular formula is C18H15F2N3O. The van der Waals surface area contributed by atoms with Gasteiger partial charge in [0.15, 0.2) is 11.6 Å². The van der Waals surface area contributed by atoms with Gasteiger partial charge in [-0.05, 0) is 23.3 Å². The molecule has 0 bridgehead atoms. The van der Waals surface area contributed by atoms with Crippen LogP contribution in [0.5, 0.6) is 6.01 Å². The summed E-state index contributed by atoms with van der Waals surface area (Å²) in [6.07, 6.45) is 1.02. The Bertz CT molecular complexity index is 810. The molecule has 2 aromatic carbocycles. The van der Waals surface area contributed by atoms with E-state index in [2.05, 4.69) is 9.97 Å². The molecule has 0 aliphatic heterocycles. The van der Waals surface area contributed by atoms with Crippen molar-refractivity contribution in [2.75, 3.05) is 5.73 Å². The van der Waals surface area contributed by atoms with Crippen molar-refractivity contribution in [2.45, 2.75) is 12.5 Å². The summed E-state index contributed by atoms with van der Waals surface area (Å²) in [7, 11) is 0. The van der Waals surface area contributed by atoms with Gasteiger partial charge in [-0.1, -0.05) is 42.5 Å². The first-order valence-electron chi connectivity index (χ1n) is 7.36. The van der Waals surface area contributed by atoms with Crippen LogP contribution in [0.1, 0.15) is 17.2 Å². The fourth-order valence-corrected chi connectivity index (χ4v) is 2.28. The van der Waals surface area contributed by atoms with E-state index in [1.54, 1.807) is 12.1 Å². The topological polar surface area (TPSA) is 61.0 Å². The van der Waals surface area contributed by atoms with Crippen molar-refractivity contribution >= 4 is 5.82 Å². The summed E-state index contributed by atoms with van der Waals surface area (Å²) in [6.45, 7) is 0. The van der Waals surface area contributed by atoms with Gasteiger partial charge >= 0.3 is 6.01 Å². The second-order valence-corrected chi connectivity index (χ2v) is 5.23. The van der Waals surface area contributed by atoms with Gasteiger partial charge < -0.3 is 10.5 Å². The molecule has 1 aromatic heterocycles. The summed E-state index contributed by atoms with van der Waals surface area (Å²) in [4.78, 5) is 7.59. The predicted octanol–water partition coefficient (Wildman–Crippen LogP) is 3.70. The van der Waals surface area contributed by atoms with Crippen LogP contribution in [-0.2, 0) is 6.42 Å². The predicted molar refractivity (Wildman–Crippen MR) is 86.3 cm³/mol. The van der Waals surface area contributed by atoms with Crippen molar-refractivity contribution < 1.29 is 13.5 Å². The second-order valence-electron chi connectivity index (χ2n) is 5.23. The molecule has 0 saturated carbocycles. The maximum atomic E-state index is 13.2. The minimum Gasteiger partial charge on any atom is -0.455 e. The van der Waals surface area contributed by atoms with Gasteiger partial charge in [-0.2, -0.15) is 4.98 Å². The molecule has 3 aromatic rings. The van der Waals surface area contributed by atoms with Gasteiger partial charge in [0.05, 0.1) is 6.20 Å². The Morgan fingerprint density at radius 3 is 2.38 bits per heavy atom. The number of ether oxygens (including phenoxy) is 1. The fraction of sp³-hybridized carbons (Fsp3) is 0.111. The standard InChI is InChI=1S/C18H15F2N3O/c19-14-8-6-13(7-9-14)16(10-12-4-2-1-3-5-12)24-18-22-11-15(20)17(21)23-18/h1-9,11,16H,10H2,(H2,21,22,23). The van der Waals surface area contributed by atoms with Crippen LogP contribution in [0.3, 0.4) is 0 Å². The quantitative estimate of drug-likeness (QED) is 0.776. The van der Waals surface area contributed by atoms with Crippen molar-refractivity contribution in [3.05, 3.63) is 83.6 Å². The minimum atomic E-state index is -0.705. The van der Waals surface area contributed by atoms with Crippen LogP contribution in [0.4, 0.5) is 14.6 Å². The molecule has 6 heteroatoms. The third-order valence-electron chi connectivity index (χ3n) is 3.50. The summed E-state index contributed by atoms with van der Waals surface area (Å²) < 4.78 is 32.2. The molecule has 0 saturated heterocycles. The first-order valence-corrected chi connectivity index (χ1v) is 7.36. The van der Waals surface area contributed by atoms with E-state index < -0.39 is 11.9 Å². The molecule has 0 aliphatic rings. The number of halogens is 2. The van der Waals surface area contributed by atoms with Crippen LogP contribution in [-0.4, -0.2) is 9.97 Å². The van der Waals surface area contributed by atoms with E-state index in [1.807, 2.05) is 30.3 Å². The Hall–Kier alpha value is -3.02. The van der Waals surface area contributed by atoms with Crippen molar-refractivity contribution in [3.8, 4) is 6.01 Å². The van der Waals surface area contributed by atoms with Crippen molar-refractivity contribution in [3.63, 3.8) is 0 Å². The van der Waals surface area contributed by atoms with Crippen molar-refractivity contribution in [1.29, 1.82) is 0 Å².